The maximum absolute atomic E-state index is 12.9. The molecule has 1 fully saturated rings. The number of nitrogens with one attached hydrogen (secondary N) is 1. The normalized spacial score (nSPS) is 16.5. The van der Waals surface area contributed by atoms with Gasteiger partial charge in [0.25, 0.3) is 10.0 Å². The Hall–Kier alpha value is -2.64. The van der Waals surface area contributed by atoms with E-state index in [1.165, 1.54) is 27.4 Å². The Morgan fingerprint density at radius 1 is 1.13 bits per heavy atom. The SMILES string of the molecule is CCN1CCN(CC(=O)N(C)C)CC1.CN(c1cccc2cc(-c3nccs3)[nH]c12)S(=O)(=O)C1=CC=CCS1. The fourth-order valence-corrected chi connectivity index (χ4v) is 7.50. The number of aromatic amines is 1. The molecule has 1 N–H and O–H groups in total. The maximum Gasteiger partial charge on any atom is 0.270 e. The molecule has 0 aliphatic carbocycles. The molecule has 0 radical (unpaired) electrons. The number of para-hydroxylation sites is 1. The second-order valence-electron chi connectivity index (χ2n) is 9.46. The lowest BCUT2D eigenvalue weighted by Gasteiger charge is -2.33. The van der Waals surface area contributed by atoms with E-state index in [0.29, 0.717) is 22.2 Å². The number of allylic oxidation sites excluding steroid dienone is 2. The molecule has 0 saturated carbocycles. The maximum atomic E-state index is 12.9. The number of hydrogen-bond donors (Lipinski definition) is 1. The molecule has 1 aromatic carbocycles. The summed E-state index contributed by atoms with van der Waals surface area (Å²) in [6.45, 7) is 8.11. The molecule has 5 rings (SSSR count). The summed E-state index contributed by atoms with van der Waals surface area (Å²) >= 11 is 2.87. The number of sulfonamides is 1. The highest BCUT2D eigenvalue weighted by Crippen LogP contribution is 2.35. The van der Waals surface area contributed by atoms with E-state index in [0.717, 1.165) is 54.3 Å². The summed E-state index contributed by atoms with van der Waals surface area (Å²) in [6, 6.07) is 7.64. The summed E-state index contributed by atoms with van der Waals surface area (Å²) < 4.78 is 27.6. The van der Waals surface area contributed by atoms with Gasteiger partial charge in [-0.15, -0.1) is 23.1 Å². The van der Waals surface area contributed by atoms with Gasteiger partial charge in [0.1, 0.15) is 9.24 Å². The molecular weight excluding hydrogens is 553 g/mol. The largest absolute Gasteiger partial charge is 0.351 e. The Labute approximate surface area is 239 Å². The van der Waals surface area contributed by atoms with Gasteiger partial charge in [0.05, 0.1) is 23.4 Å². The van der Waals surface area contributed by atoms with Gasteiger partial charge in [-0.25, -0.2) is 13.4 Å². The molecule has 2 aromatic heterocycles. The first-order valence-corrected chi connectivity index (χ1v) is 16.2. The lowest BCUT2D eigenvalue weighted by Crippen LogP contribution is -2.49. The minimum atomic E-state index is -3.58. The van der Waals surface area contributed by atoms with Gasteiger partial charge in [-0.3, -0.25) is 14.0 Å². The number of carbonyl (C=O) groups is 1. The number of nitrogens with zero attached hydrogens (tertiary/aromatic N) is 5. The molecule has 12 heteroatoms. The highest BCUT2D eigenvalue weighted by atomic mass is 32.3. The first-order chi connectivity index (χ1) is 18.7. The van der Waals surface area contributed by atoms with Crippen molar-refractivity contribution < 1.29 is 13.2 Å². The van der Waals surface area contributed by atoms with E-state index >= 15 is 0 Å². The smallest absolute Gasteiger partial charge is 0.270 e. The van der Waals surface area contributed by atoms with Crippen molar-refractivity contribution in [2.45, 2.75) is 6.92 Å². The monoisotopic (exact) mass is 588 g/mol. The second kappa shape index (κ2) is 13.1. The number of amides is 1. The summed E-state index contributed by atoms with van der Waals surface area (Å²) in [5.74, 6) is 0.870. The number of carbonyl (C=O) groups excluding carboxylic acids is 1. The zero-order valence-electron chi connectivity index (χ0n) is 22.8. The number of thiazole rings is 1. The number of likely N-dealkylation sites (N-methyl/N-ethyl adjacent to an activating group) is 2. The Balaban J connectivity index is 0.000000215. The number of hydrogen-bond acceptors (Lipinski definition) is 8. The molecule has 9 nitrogen and oxygen atoms in total. The van der Waals surface area contributed by atoms with Gasteiger partial charge in [-0.05, 0) is 24.8 Å². The van der Waals surface area contributed by atoms with E-state index in [4.69, 9.17) is 0 Å². The molecule has 1 amide bonds. The average Bonchev–Trinajstić information content (AvgIpc) is 3.64. The van der Waals surface area contributed by atoms with Crippen molar-refractivity contribution in [1.82, 2.24) is 24.7 Å². The Morgan fingerprint density at radius 2 is 1.87 bits per heavy atom. The fourth-order valence-electron chi connectivity index (χ4n) is 4.28. The number of benzene rings is 1. The highest BCUT2D eigenvalue weighted by Gasteiger charge is 2.26. The molecule has 0 atom stereocenters. The summed E-state index contributed by atoms with van der Waals surface area (Å²) in [4.78, 5) is 25.4. The predicted molar refractivity (Wildman–Crippen MR) is 164 cm³/mol. The van der Waals surface area contributed by atoms with Gasteiger partial charge in [-0.1, -0.05) is 31.2 Å². The number of rotatable bonds is 7. The van der Waals surface area contributed by atoms with Crippen LogP contribution in [0.15, 0.2) is 58.3 Å². The van der Waals surface area contributed by atoms with Gasteiger partial charge >= 0.3 is 0 Å². The Morgan fingerprint density at radius 3 is 2.49 bits per heavy atom. The number of fused-ring (bicyclic) bond motifs is 1. The van der Waals surface area contributed by atoms with Crippen molar-refractivity contribution in [3.63, 3.8) is 0 Å². The van der Waals surface area contributed by atoms with Crippen LogP contribution in [0.3, 0.4) is 0 Å². The van der Waals surface area contributed by atoms with Crippen LogP contribution < -0.4 is 4.31 Å². The van der Waals surface area contributed by atoms with Crippen LogP contribution in [0.25, 0.3) is 21.6 Å². The molecule has 1 saturated heterocycles. The molecule has 210 valence electrons. The van der Waals surface area contributed by atoms with Crippen molar-refractivity contribution in [2.75, 3.05) is 70.5 Å². The summed E-state index contributed by atoms with van der Waals surface area (Å²) in [5, 5.41) is 3.75. The van der Waals surface area contributed by atoms with Crippen molar-refractivity contribution in [1.29, 1.82) is 0 Å². The van der Waals surface area contributed by atoms with E-state index in [2.05, 4.69) is 26.7 Å². The Kier molecular flexibility index (Phi) is 9.89. The van der Waals surface area contributed by atoms with E-state index in [1.54, 1.807) is 30.3 Å². The van der Waals surface area contributed by atoms with Crippen molar-refractivity contribution in [2.24, 2.45) is 0 Å². The lowest BCUT2D eigenvalue weighted by atomic mass is 10.2. The van der Waals surface area contributed by atoms with Crippen molar-refractivity contribution in [3.8, 4) is 10.7 Å². The van der Waals surface area contributed by atoms with Gasteiger partial charge in [0, 0.05) is 70.0 Å². The van der Waals surface area contributed by atoms with Crippen LogP contribution in [0.5, 0.6) is 0 Å². The minimum Gasteiger partial charge on any atom is -0.351 e. The zero-order chi connectivity index (χ0) is 28.0. The minimum absolute atomic E-state index is 0.204. The number of aromatic nitrogens is 2. The highest BCUT2D eigenvalue weighted by molar-refractivity contribution is 8.19. The van der Waals surface area contributed by atoms with Gasteiger partial charge in [0.15, 0.2) is 0 Å². The van der Waals surface area contributed by atoms with Crippen LogP contribution >= 0.6 is 23.1 Å². The van der Waals surface area contributed by atoms with E-state index < -0.39 is 10.0 Å². The third-order valence-electron chi connectivity index (χ3n) is 6.71. The van der Waals surface area contributed by atoms with Crippen molar-refractivity contribution >= 4 is 55.6 Å². The molecule has 0 bridgehead atoms. The molecule has 2 aliphatic rings. The number of H-pyrrole nitrogens is 1. The van der Waals surface area contributed by atoms with Gasteiger partial charge < -0.3 is 14.8 Å². The van der Waals surface area contributed by atoms with Crippen LogP contribution in [0.4, 0.5) is 5.69 Å². The van der Waals surface area contributed by atoms with E-state index in [-0.39, 0.29) is 5.91 Å². The topological polar surface area (TPSA) is 92.8 Å². The number of anilines is 1. The first-order valence-electron chi connectivity index (χ1n) is 12.9. The number of thioether (sulfide) groups is 1. The van der Waals surface area contributed by atoms with E-state index in [9.17, 15) is 13.2 Å². The molecular formula is C27H36N6O3S3. The van der Waals surface area contributed by atoms with E-state index in [1.807, 2.05) is 49.8 Å². The molecule has 2 aliphatic heterocycles. The molecule has 0 spiro atoms. The van der Waals surface area contributed by atoms with Crippen LogP contribution in [-0.2, 0) is 14.8 Å². The fraction of sp³-hybridized carbons (Fsp3) is 0.407. The van der Waals surface area contributed by atoms with Crippen molar-refractivity contribution in [3.05, 3.63) is 58.3 Å². The lowest BCUT2D eigenvalue weighted by molar-refractivity contribution is -0.130. The predicted octanol–water partition coefficient (Wildman–Crippen LogP) is 3.91. The van der Waals surface area contributed by atoms with Crippen LogP contribution in [-0.4, -0.2) is 105 Å². The molecule has 0 unspecified atom stereocenters. The molecule has 4 heterocycles. The zero-order valence-corrected chi connectivity index (χ0v) is 25.3. The summed E-state index contributed by atoms with van der Waals surface area (Å²) in [5.41, 5.74) is 2.30. The van der Waals surface area contributed by atoms with Gasteiger partial charge in [-0.2, -0.15) is 0 Å². The number of piperazine rings is 1. The summed E-state index contributed by atoms with van der Waals surface area (Å²) in [6.07, 6.45) is 7.13. The third kappa shape index (κ3) is 7.12. The van der Waals surface area contributed by atoms with Crippen LogP contribution in [0, 0.1) is 0 Å². The average molecular weight is 589 g/mol. The first kappa shape index (κ1) is 29.3. The second-order valence-corrected chi connectivity index (χ2v) is 13.6. The third-order valence-corrected chi connectivity index (χ3v) is 10.8. The summed E-state index contributed by atoms with van der Waals surface area (Å²) in [7, 11) is 1.63. The molecule has 3 aromatic rings. The van der Waals surface area contributed by atoms with Gasteiger partial charge in [0.2, 0.25) is 5.91 Å². The van der Waals surface area contributed by atoms with Crippen LogP contribution in [0.2, 0.25) is 0 Å². The standard InChI is InChI=1S/C17H15N3O2S3.C10H21N3O/c1-20(25(21,22)15-7-2-3-9-23-15)14-6-4-5-12-11-13(19-16(12)14)17-18-8-10-24-17;1-4-12-5-7-13(8-6-12)9-10(14)11(2)3/h2-8,10-11,19H,9H2,1H3;4-9H2,1-3H3. The Bertz CT molecular complexity index is 1420. The van der Waals surface area contributed by atoms with Crippen LogP contribution in [0.1, 0.15) is 6.92 Å². The quantitative estimate of drug-likeness (QED) is 0.447. The molecule has 39 heavy (non-hydrogen) atoms.